The van der Waals surface area contributed by atoms with Crippen molar-refractivity contribution in [3.8, 4) is 0 Å². The van der Waals surface area contributed by atoms with Crippen LogP contribution in [0.15, 0.2) is 12.4 Å². The largest absolute Gasteiger partial charge is 0.351 e. The summed E-state index contributed by atoms with van der Waals surface area (Å²) in [6, 6.07) is 0.500. The Labute approximate surface area is 113 Å². The molecule has 0 radical (unpaired) electrons. The van der Waals surface area contributed by atoms with Crippen molar-refractivity contribution in [2.75, 3.05) is 18.4 Å². The molecule has 0 atom stereocenters. The minimum absolute atomic E-state index is 0.0601. The number of aromatic nitrogens is 2. The van der Waals surface area contributed by atoms with Gasteiger partial charge in [-0.05, 0) is 25.7 Å². The molecular formula is C14H20N4O. The molecule has 0 spiro atoms. The van der Waals surface area contributed by atoms with E-state index in [1.54, 1.807) is 12.4 Å². The van der Waals surface area contributed by atoms with E-state index in [4.69, 9.17) is 0 Å². The Bertz CT molecular complexity index is 433. The van der Waals surface area contributed by atoms with Crippen LogP contribution in [0.25, 0.3) is 0 Å². The summed E-state index contributed by atoms with van der Waals surface area (Å²) in [6.45, 7) is 1.72. The molecule has 3 rings (SSSR count). The molecule has 1 aromatic heterocycles. The first-order valence-corrected chi connectivity index (χ1v) is 7.21. The van der Waals surface area contributed by atoms with Crippen LogP contribution in [-0.2, 0) is 0 Å². The third-order valence-corrected chi connectivity index (χ3v) is 3.98. The van der Waals surface area contributed by atoms with Crippen molar-refractivity contribution in [1.29, 1.82) is 0 Å². The molecule has 2 fully saturated rings. The predicted octanol–water partition coefficient (Wildman–Crippen LogP) is 2.07. The number of nitrogens with one attached hydrogen (secondary N) is 1. The van der Waals surface area contributed by atoms with Gasteiger partial charge < -0.3 is 10.2 Å². The third kappa shape index (κ3) is 2.85. The van der Waals surface area contributed by atoms with Gasteiger partial charge in [-0.15, -0.1) is 0 Å². The molecule has 5 nitrogen and oxygen atoms in total. The summed E-state index contributed by atoms with van der Waals surface area (Å²) >= 11 is 0. The lowest BCUT2D eigenvalue weighted by Gasteiger charge is -2.15. The van der Waals surface area contributed by atoms with Gasteiger partial charge in [-0.2, -0.15) is 0 Å². The topological polar surface area (TPSA) is 58.1 Å². The minimum Gasteiger partial charge on any atom is -0.351 e. The third-order valence-electron chi connectivity index (χ3n) is 3.98. The summed E-state index contributed by atoms with van der Waals surface area (Å²) < 4.78 is 0. The molecule has 19 heavy (non-hydrogen) atoms. The number of nitrogens with zero attached hydrogens (tertiary/aromatic N) is 3. The SMILES string of the molecule is O=C(c1cnc(NC2CCCC2)nc1)N1CCCC1. The van der Waals surface area contributed by atoms with E-state index in [0.29, 0.717) is 17.6 Å². The second-order valence-electron chi connectivity index (χ2n) is 5.42. The number of amides is 1. The van der Waals surface area contributed by atoms with E-state index in [0.717, 1.165) is 25.9 Å². The lowest BCUT2D eigenvalue weighted by atomic mass is 10.2. The molecule has 0 unspecified atom stereocenters. The maximum absolute atomic E-state index is 12.1. The van der Waals surface area contributed by atoms with Crippen LogP contribution in [0, 0.1) is 0 Å². The first kappa shape index (κ1) is 12.4. The molecule has 1 aliphatic heterocycles. The minimum atomic E-state index is 0.0601. The van der Waals surface area contributed by atoms with E-state index in [2.05, 4.69) is 15.3 Å². The van der Waals surface area contributed by atoms with Gasteiger partial charge in [0.05, 0.1) is 5.56 Å². The Morgan fingerprint density at radius 2 is 1.74 bits per heavy atom. The van der Waals surface area contributed by atoms with Gasteiger partial charge in [-0.25, -0.2) is 9.97 Å². The van der Waals surface area contributed by atoms with Gasteiger partial charge in [0.2, 0.25) is 5.95 Å². The molecule has 2 aliphatic rings. The zero-order chi connectivity index (χ0) is 13.1. The number of likely N-dealkylation sites (tertiary alicyclic amines) is 1. The fraction of sp³-hybridized carbons (Fsp3) is 0.643. The molecule has 1 saturated heterocycles. The molecule has 102 valence electrons. The second-order valence-corrected chi connectivity index (χ2v) is 5.42. The molecule has 1 saturated carbocycles. The van der Waals surface area contributed by atoms with Crippen LogP contribution >= 0.6 is 0 Å². The van der Waals surface area contributed by atoms with Crippen molar-refractivity contribution in [2.24, 2.45) is 0 Å². The lowest BCUT2D eigenvalue weighted by molar-refractivity contribution is 0.0792. The van der Waals surface area contributed by atoms with Crippen LogP contribution in [0.1, 0.15) is 48.9 Å². The van der Waals surface area contributed by atoms with Crippen LogP contribution in [0.2, 0.25) is 0 Å². The van der Waals surface area contributed by atoms with Gasteiger partial charge in [0, 0.05) is 31.5 Å². The normalized spacial score (nSPS) is 19.9. The van der Waals surface area contributed by atoms with Gasteiger partial charge in [0.1, 0.15) is 0 Å². The smallest absolute Gasteiger partial charge is 0.256 e. The average molecular weight is 260 g/mol. The zero-order valence-corrected chi connectivity index (χ0v) is 11.1. The maximum Gasteiger partial charge on any atom is 0.256 e. The number of carbonyl (C=O) groups excluding carboxylic acids is 1. The Morgan fingerprint density at radius 1 is 1.11 bits per heavy atom. The first-order chi connectivity index (χ1) is 9.33. The Balaban J connectivity index is 1.62. The summed E-state index contributed by atoms with van der Waals surface area (Å²) in [5.41, 5.74) is 0.596. The van der Waals surface area contributed by atoms with Gasteiger partial charge in [0.25, 0.3) is 5.91 Å². The zero-order valence-electron chi connectivity index (χ0n) is 11.1. The van der Waals surface area contributed by atoms with Crippen molar-refractivity contribution in [3.05, 3.63) is 18.0 Å². The highest BCUT2D eigenvalue weighted by atomic mass is 16.2. The molecule has 5 heteroatoms. The number of hydrogen-bond donors (Lipinski definition) is 1. The van der Waals surface area contributed by atoms with Crippen LogP contribution in [0.4, 0.5) is 5.95 Å². The van der Waals surface area contributed by atoms with Crippen LogP contribution in [-0.4, -0.2) is 39.9 Å². The quantitative estimate of drug-likeness (QED) is 0.904. The van der Waals surface area contributed by atoms with Crippen molar-refractivity contribution in [3.63, 3.8) is 0 Å². The number of anilines is 1. The molecule has 2 heterocycles. The summed E-state index contributed by atoms with van der Waals surface area (Å²) in [7, 11) is 0. The van der Waals surface area contributed by atoms with Gasteiger partial charge >= 0.3 is 0 Å². The summed E-state index contributed by atoms with van der Waals surface area (Å²) in [4.78, 5) is 22.5. The molecule has 1 aliphatic carbocycles. The number of rotatable bonds is 3. The fourth-order valence-corrected chi connectivity index (χ4v) is 2.87. The summed E-state index contributed by atoms with van der Waals surface area (Å²) in [5, 5.41) is 3.33. The standard InChI is InChI=1S/C14H20N4O/c19-13(18-7-3-4-8-18)11-9-15-14(16-10-11)17-12-5-1-2-6-12/h9-10,12H,1-8H2,(H,15,16,17). The average Bonchev–Trinajstić information content (AvgIpc) is 3.12. The fourth-order valence-electron chi connectivity index (χ4n) is 2.87. The Hall–Kier alpha value is -1.65. The highest BCUT2D eigenvalue weighted by Gasteiger charge is 2.20. The van der Waals surface area contributed by atoms with Gasteiger partial charge in [-0.3, -0.25) is 4.79 Å². The summed E-state index contributed by atoms with van der Waals surface area (Å²) in [5.74, 6) is 0.704. The number of hydrogen-bond acceptors (Lipinski definition) is 4. The van der Waals surface area contributed by atoms with Crippen LogP contribution in [0.5, 0.6) is 0 Å². The maximum atomic E-state index is 12.1. The van der Waals surface area contributed by atoms with Gasteiger partial charge in [0.15, 0.2) is 0 Å². The van der Waals surface area contributed by atoms with Crippen LogP contribution in [0.3, 0.4) is 0 Å². The summed E-state index contributed by atoms with van der Waals surface area (Å²) in [6.07, 6.45) is 10.4. The van der Waals surface area contributed by atoms with E-state index in [-0.39, 0.29) is 5.91 Å². The lowest BCUT2D eigenvalue weighted by Crippen LogP contribution is -2.28. The predicted molar refractivity (Wildman–Crippen MR) is 73.0 cm³/mol. The molecule has 0 aromatic carbocycles. The van der Waals surface area contributed by atoms with E-state index in [1.165, 1.54) is 25.7 Å². The van der Waals surface area contributed by atoms with E-state index >= 15 is 0 Å². The van der Waals surface area contributed by atoms with E-state index < -0.39 is 0 Å². The van der Waals surface area contributed by atoms with Crippen LogP contribution < -0.4 is 5.32 Å². The van der Waals surface area contributed by atoms with Crippen molar-refractivity contribution >= 4 is 11.9 Å². The highest BCUT2D eigenvalue weighted by molar-refractivity contribution is 5.93. The Morgan fingerprint density at radius 3 is 2.37 bits per heavy atom. The first-order valence-electron chi connectivity index (χ1n) is 7.21. The van der Waals surface area contributed by atoms with Crippen molar-refractivity contribution < 1.29 is 4.79 Å². The second kappa shape index (κ2) is 5.55. The molecular weight excluding hydrogens is 240 g/mol. The Kier molecular flexibility index (Phi) is 3.62. The van der Waals surface area contributed by atoms with E-state index in [1.807, 2.05) is 4.90 Å². The highest BCUT2D eigenvalue weighted by Crippen LogP contribution is 2.20. The molecule has 1 aromatic rings. The van der Waals surface area contributed by atoms with Crippen molar-refractivity contribution in [1.82, 2.24) is 14.9 Å². The monoisotopic (exact) mass is 260 g/mol. The van der Waals surface area contributed by atoms with Crippen molar-refractivity contribution in [2.45, 2.75) is 44.6 Å². The number of carbonyl (C=O) groups is 1. The van der Waals surface area contributed by atoms with Gasteiger partial charge in [-0.1, -0.05) is 12.8 Å². The van der Waals surface area contributed by atoms with E-state index in [9.17, 15) is 4.79 Å². The molecule has 0 bridgehead atoms. The molecule has 1 N–H and O–H groups in total. The molecule has 1 amide bonds.